The average Bonchev–Trinajstić information content (AvgIpc) is 3.01. The molecule has 0 N–H and O–H groups in total. The molecule has 24 heavy (non-hydrogen) atoms. The first-order valence-corrected chi connectivity index (χ1v) is 8.28. The minimum Gasteiger partial charge on any atom is -0.376 e. The lowest BCUT2D eigenvalue weighted by Crippen LogP contribution is -2.27. The zero-order valence-electron chi connectivity index (χ0n) is 12.9. The number of aromatic nitrogens is 2. The fourth-order valence-electron chi connectivity index (χ4n) is 3.37. The summed E-state index contributed by atoms with van der Waals surface area (Å²) in [4.78, 5) is 10.6. The van der Waals surface area contributed by atoms with Crippen molar-refractivity contribution in [2.75, 3.05) is 24.6 Å². The Morgan fingerprint density at radius 2 is 2.00 bits per heavy atom. The maximum atomic E-state index is 13.6. The highest BCUT2D eigenvalue weighted by Crippen LogP contribution is 2.37. The van der Waals surface area contributed by atoms with Crippen molar-refractivity contribution in [2.24, 2.45) is 0 Å². The van der Waals surface area contributed by atoms with Crippen LogP contribution in [0.4, 0.5) is 14.6 Å². The van der Waals surface area contributed by atoms with Gasteiger partial charge in [0.2, 0.25) is 5.28 Å². The lowest BCUT2D eigenvalue weighted by atomic mass is 9.91. The smallest absolute Gasteiger partial charge is 0.224 e. The Morgan fingerprint density at radius 1 is 1.21 bits per heavy atom. The molecule has 0 aliphatic carbocycles. The molecule has 0 bridgehead atoms. The van der Waals surface area contributed by atoms with E-state index in [2.05, 4.69) is 9.97 Å². The predicted octanol–water partition coefficient (Wildman–Crippen LogP) is 3.48. The van der Waals surface area contributed by atoms with Crippen LogP contribution < -0.4 is 4.90 Å². The summed E-state index contributed by atoms with van der Waals surface area (Å²) in [7, 11) is 0. The Hall–Kier alpha value is -1.79. The van der Waals surface area contributed by atoms with Crippen LogP contribution in [0.1, 0.15) is 29.2 Å². The van der Waals surface area contributed by atoms with Gasteiger partial charge in [-0.05, 0) is 35.7 Å². The van der Waals surface area contributed by atoms with Gasteiger partial charge in [0.05, 0.1) is 31.4 Å². The van der Waals surface area contributed by atoms with Crippen LogP contribution in [0.2, 0.25) is 5.28 Å². The Balaban J connectivity index is 1.77. The van der Waals surface area contributed by atoms with E-state index in [4.69, 9.17) is 16.3 Å². The number of benzene rings is 1. The lowest BCUT2D eigenvalue weighted by molar-refractivity contribution is 0.0975. The van der Waals surface area contributed by atoms with E-state index in [0.717, 1.165) is 16.8 Å². The average molecular weight is 352 g/mol. The summed E-state index contributed by atoms with van der Waals surface area (Å²) < 4.78 is 32.5. The van der Waals surface area contributed by atoms with Gasteiger partial charge in [-0.15, -0.1) is 0 Å². The summed E-state index contributed by atoms with van der Waals surface area (Å²) in [6.45, 7) is 1.72. The highest BCUT2D eigenvalue weighted by Gasteiger charge is 2.32. The molecular formula is C17H16ClF2N3O. The second kappa shape index (κ2) is 6.26. The van der Waals surface area contributed by atoms with Gasteiger partial charge in [-0.2, -0.15) is 0 Å². The van der Waals surface area contributed by atoms with E-state index < -0.39 is 6.17 Å². The summed E-state index contributed by atoms with van der Waals surface area (Å²) in [6, 6.07) is 6.28. The standard InChI is InChI=1S/C17H16ClF2N3O/c18-17-21-15-13(10-1-3-11(19)4-2-10)8-24-9-14(15)16(22-17)23-6-5-12(20)7-23/h1-4,12-13H,5-9H2. The number of alkyl halides is 1. The zero-order valence-corrected chi connectivity index (χ0v) is 13.6. The molecule has 2 aliphatic rings. The third-order valence-corrected chi connectivity index (χ3v) is 4.72. The Kier molecular flexibility index (Phi) is 4.10. The molecule has 0 radical (unpaired) electrons. The fourth-order valence-corrected chi connectivity index (χ4v) is 3.54. The summed E-state index contributed by atoms with van der Waals surface area (Å²) >= 11 is 6.13. The van der Waals surface area contributed by atoms with Crippen LogP contribution >= 0.6 is 11.6 Å². The van der Waals surface area contributed by atoms with Gasteiger partial charge in [0.1, 0.15) is 17.8 Å². The molecular weight excluding hydrogens is 336 g/mol. The second-order valence-electron chi connectivity index (χ2n) is 6.13. The van der Waals surface area contributed by atoms with Crippen molar-refractivity contribution in [3.63, 3.8) is 0 Å². The highest BCUT2D eigenvalue weighted by atomic mass is 35.5. The van der Waals surface area contributed by atoms with E-state index in [1.165, 1.54) is 12.1 Å². The number of nitrogens with zero attached hydrogens (tertiary/aromatic N) is 3. The van der Waals surface area contributed by atoms with Crippen molar-refractivity contribution in [1.82, 2.24) is 9.97 Å². The maximum absolute atomic E-state index is 13.6. The third kappa shape index (κ3) is 2.84. The Bertz CT molecular complexity index is 756. The largest absolute Gasteiger partial charge is 0.376 e. The summed E-state index contributed by atoms with van der Waals surface area (Å²) in [5.41, 5.74) is 2.53. The molecule has 1 aromatic carbocycles. The van der Waals surface area contributed by atoms with Crippen LogP contribution in [-0.2, 0) is 11.3 Å². The molecule has 7 heteroatoms. The molecule has 0 spiro atoms. The van der Waals surface area contributed by atoms with Crippen LogP contribution in [0.25, 0.3) is 0 Å². The normalized spacial score (nSPS) is 23.4. The van der Waals surface area contributed by atoms with Gasteiger partial charge in [0, 0.05) is 12.1 Å². The van der Waals surface area contributed by atoms with Crippen molar-refractivity contribution in [1.29, 1.82) is 0 Å². The number of halogens is 3. The molecule has 1 aromatic heterocycles. The van der Waals surface area contributed by atoms with Crippen LogP contribution in [-0.4, -0.2) is 35.8 Å². The number of fused-ring (bicyclic) bond motifs is 1. The van der Waals surface area contributed by atoms with Crippen molar-refractivity contribution < 1.29 is 13.5 Å². The molecule has 2 atom stereocenters. The number of ether oxygens (including phenoxy) is 1. The van der Waals surface area contributed by atoms with Gasteiger partial charge in [-0.1, -0.05) is 12.1 Å². The molecule has 1 saturated heterocycles. The fraction of sp³-hybridized carbons (Fsp3) is 0.412. The van der Waals surface area contributed by atoms with E-state index >= 15 is 0 Å². The molecule has 2 aromatic rings. The topological polar surface area (TPSA) is 38.3 Å². The Morgan fingerprint density at radius 3 is 2.71 bits per heavy atom. The molecule has 2 aliphatic heterocycles. The SMILES string of the molecule is Fc1ccc(C2COCc3c2nc(Cl)nc3N2CCC(F)C2)cc1. The van der Waals surface area contributed by atoms with Gasteiger partial charge < -0.3 is 9.64 Å². The van der Waals surface area contributed by atoms with E-state index in [1.54, 1.807) is 12.1 Å². The molecule has 3 heterocycles. The van der Waals surface area contributed by atoms with E-state index in [1.807, 2.05) is 4.90 Å². The van der Waals surface area contributed by atoms with Gasteiger partial charge in [-0.25, -0.2) is 18.7 Å². The first-order chi connectivity index (χ1) is 11.6. The van der Waals surface area contributed by atoms with Crippen LogP contribution in [0.3, 0.4) is 0 Å². The van der Waals surface area contributed by atoms with Crippen molar-refractivity contribution in [3.05, 3.63) is 52.2 Å². The van der Waals surface area contributed by atoms with Crippen molar-refractivity contribution in [2.45, 2.75) is 25.1 Å². The molecule has 4 nitrogen and oxygen atoms in total. The number of hydrogen-bond acceptors (Lipinski definition) is 4. The minimum atomic E-state index is -0.855. The molecule has 126 valence electrons. The predicted molar refractivity (Wildman–Crippen MR) is 86.7 cm³/mol. The zero-order chi connectivity index (χ0) is 16.7. The number of rotatable bonds is 2. The molecule has 1 fully saturated rings. The van der Waals surface area contributed by atoms with E-state index in [9.17, 15) is 8.78 Å². The third-order valence-electron chi connectivity index (χ3n) is 4.55. The lowest BCUT2D eigenvalue weighted by Gasteiger charge is -2.29. The van der Waals surface area contributed by atoms with Gasteiger partial charge >= 0.3 is 0 Å². The first kappa shape index (κ1) is 15.7. The molecule has 0 amide bonds. The van der Waals surface area contributed by atoms with E-state index in [0.29, 0.717) is 38.5 Å². The first-order valence-electron chi connectivity index (χ1n) is 7.90. The summed E-state index contributed by atoms with van der Waals surface area (Å²) in [5.74, 6) is 0.220. The molecule has 4 rings (SSSR count). The number of anilines is 1. The second-order valence-corrected chi connectivity index (χ2v) is 6.47. The molecule has 2 unspecified atom stereocenters. The van der Waals surface area contributed by atoms with Crippen LogP contribution in [0, 0.1) is 5.82 Å². The van der Waals surface area contributed by atoms with Gasteiger partial charge in [-0.3, -0.25) is 0 Å². The summed E-state index contributed by atoms with van der Waals surface area (Å²) in [5, 5.41) is 0.139. The molecule has 0 saturated carbocycles. The van der Waals surface area contributed by atoms with Crippen molar-refractivity contribution >= 4 is 17.4 Å². The highest BCUT2D eigenvalue weighted by molar-refractivity contribution is 6.28. The summed E-state index contributed by atoms with van der Waals surface area (Å²) in [6.07, 6.45) is -0.370. The Labute approximate surface area is 143 Å². The minimum absolute atomic E-state index is 0.139. The number of hydrogen-bond donors (Lipinski definition) is 0. The van der Waals surface area contributed by atoms with E-state index in [-0.39, 0.29) is 17.0 Å². The van der Waals surface area contributed by atoms with Gasteiger partial charge in [0.25, 0.3) is 0 Å². The quantitative estimate of drug-likeness (QED) is 0.776. The van der Waals surface area contributed by atoms with Crippen LogP contribution in [0.5, 0.6) is 0 Å². The van der Waals surface area contributed by atoms with Crippen LogP contribution in [0.15, 0.2) is 24.3 Å². The van der Waals surface area contributed by atoms with Crippen molar-refractivity contribution in [3.8, 4) is 0 Å². The monoisotopic (exact) mass is 351 g/mol. The van der Waals surface area contributed by atoms with Gasteiger partial charge in [0.15, 0.2) is 0 Å². The maximum Gasteiger partial charge on any atom is 0.224 e.